The molecule has 122 valence electrons. The maximum absolute atomic E-state index is 12.7. The molecule has 1 atom stereocenters. The number of carbonyl (C=O) groups is 2. The Morgan fingerprint density at radius 1 is 1.27 bits per heavy atom. The molecule has 1 amide bonds. The standard InChI is InChI=1S/C17H26N2O3/c1-5-14(6-2)16(20)19(11-13(3)17(21)22-4)12-15-9-7-8-10-18-15/h7-10,13-14H,5-6,11-12H2,1-4H3. The minimum Gasteiger partial charge on any atom is -0.469 e. The largest absolute Gasteiger partial charge is 0.469 e. The average Bonchev–Trinajstić information content (AvgIpc) is 2.55. The first-order valence-corrected chi connectivity index (χ1v) is 7.79. The highest BCUT2D eigenvalue weighted by Crippen LogP contribution is 2.16. The zero-order valence-corrected chi connectivity index (χ0v) is 13.9. The predicted molar refractivity (Wildman–Crippen MR) is 84.9 cm³/mol. The highest BCUT2D eigenvalue weighted by molar-refractivity contribution is 5.80. The van der Waals surface area contributed by atoms with Crippen molar-refractivity contribution in [3.05, 3.63) is 30.1 Å². The predicted octanol–water partition coefficient (Wildman–Crippen LogP) is 2.66. The fraction of sp³-hybridized carbons (Fsp3) is 0.588. The molecule has 0 fully saturated rings. The fourth-order valence-corrected chi connectivity index (χ4v) is 2.42. The molecule has 0 N–H and O–H groups in total. The van der Waals surface area contributed by atoms with Crippen LogP contribution in [0.4, 0.5) is 0 Å². The lowest BCUT2D eigenvalue weighted by Gasteiger charge is -2.28. The van der Waals surface area contributed by atoms with Crippen LogP contribution < -0.4 is 0 Å². The van der Waals surface area contributed by atoms with Crippen molar-refractivity contribution in [2.24, 2.45) is 11.8 Å². The van der Waals surface area contributed by atoms with Gasteiger partial charge in [0.2, 0.25) is 5.91 Å². The summed E-state index contributed by atoms with van der Waals surface area (Å²) in [5.74, 6) is -0.602. The average molecular weight is 306 g/mol. The minimum atomic E-state index is -0.355. The zero-order valence-electron chi connectivity index (χ0n) is 13.9. The number of carbonyl (C=O) groups excluding carboxylic acids is 2. The Balaban J connectivity index is 2.89. The van der Waals surface area contributed by atoms with Crippen LogP contribution >= 0.6 is 0 Å². The minimum absolute atomic E-state index is 0.0199. The number of rotatable bonds is 8. The summed E-state index contributed by atoms with van der Waals surface area (Å²) >= 11 is 0. The second-order valence-corrected chi connectivity index (χ2v) is 5.48. The summed E-state index contributed by atoms with van der Waals surface area (Å²) in [7, 11) is 1.37. The number of hydrogen-bond acceptors (Lipinski definition) is 4. The van der Waals surface area contributed by atoms with E-state index in [4.69, 9.17) is 4.74 Å². The number of amides is 1. The van der Waals surface area contributed by atoms with Crippen LogP contribution in [0.1, 0.15) is 39.3 Å². The van der Waals surface area contributed by atoms with Crippen LogP contribution in [0.3, 0.4) is 0 Å². The first-order valence-electron chi connectivity index (χ1n) is 7.79. The van der Waals surface area contributed by atoms with E-state index in [0.29, 0.717) is 13.1 Å². The SMILES string of the molecule is CCC(CC)C(=O)N(Cc1ccccn1)CC(C)C(=O)OC. The molecular weight excluding hydrogens is 280 g/mol. The molecule has 1 aromatic heterocycles. The van der Waals surface area contributed by atoms with E-state index in [9.17, 15) is 9.59 Å². The maximum atomic E-state index is 12.7. The van der Waals surface area contributed by atoms with Gasteiger partial charge in [0.05, 0.1) is 25.3 Å². The van der Waals surface area contributed by atoms with E-state index in [1.807, 2.05) is 32.0 Å². The number of aromatic nitrogens is 1. The molecule has 5 heteroatoms. The van der Waals surface area contributed by atoms with Crippen LogP contribution in [-0.4, -0.2) is 35.4 Å². The van der Waals surface area contributed by atoms with Gasteiger partial charge in [0, 0.05) is 18.7 Å². The van der Waals surface area contributed by atoms with Gasteiger partial charge in [-0.2, -0.15) is 0 Å². The van der Waals surface area contributed by atoms with Crippen LogP contribution in [0.15, 0.2) is 24.4 Å². The molecule has 1 aromatic rings. The van der Waals surface area contributed by atoms with Crippen LogP contribution in [0.2, 0.25) is 0 Å². The van der Waals surface area contributed by atoms with E-state index >= 15 is 0 Å². The third-order valence-corrected chi connectivity index (χ3v) is 3.82. The highest BCUT2D eigenvalue weighted by atomic mass is 16.5. The Kier molecular flexibility index (Phi) is 7.57. The first kappa shape index (κ1) is 18.1. The van der Waals surface area contributed by atoms with Gasteiger partial charge in [-0.05, 0) is 25.0 Å². The maximum Gasteiger partial charge on any atom is 0.310 e. The van der Waals surface area contributed by atoms with Gasteiger partial charge in [0.15, 0.2) is 0 Å². The lowest BCUT2D eigenvalue weighted by molar-refractivity contribution is -0.147. The van der Waals surface area contributed by atoms with Gasteiger partial charge < -0.3 is 9.64 Å². The van der Waals surface area contributed by atoms with Gasteiger partial charge in [-0.3, -0.25) is 14.6 Å². The summed E-state index contributed by atoms with van der Waals surface area (Å²) in [6, 6.07) is 5.62. The Morgan fingerprint density at radius 2 is 1.95 bits per heavy atom. The van der Waals surface area contributed by atoms with Crippen molar-refractivity contribution in [1.29, 1.82) is 0 Å². The van der Waals surface area contributed by atoms with Crippen molar-refractivity contribution in [3.63, 3.8) is 0 Å². The third-order valence-electron chi connectivity index (χ3n) is 3.82. The van der Waals surface area contributed by atoms with Gasteiger partial charge >= 0.3 is 5.97 Å². The summed E-state index contributed by atoms with van der Waals surface area (Å²) in [6.45, 7) is 6.55. The van der Waals surface area contributed by atoms with Crippen molar-refractivity contribution < 1.29 is 14.3 Å². The monoisotopic (exact) mass is 306 g/mol. The van der Waals surface area contributed by atoms with Crippen LogP contribution in [0.25, 0.3) is 0 Å². The van der Waals surface area contributed by atoms with E-state index in [1.165, 1.54) is 7.11 Å². The van der Waals surface area contributed by atoms with Crippen molar-refractivity contribution in [2.45, 2.75) is 40.2 Å². The summed E-state index contributed by atoms with van der Waals surface area (Å²) in [5.41, 5.74) is 0.818. The van der Waals surface area contributed by atoms with Gasteiger partial charge in [-0.25, -0.2) is 0 Å². The molecule has 0 bridgehead atoms. The molecular formula is C17H26N2O3. The summed E-state index contributed by atoms with van der Waals surface area (Å²) in [6.07, 6.45) is 3.29. The lowest BCUT2D eigenvalue weighted by Crippen LogP contribution is -2.40. The van der Waals surface area contributed by atoms with Crippen LogP contribution in [-0.2, 0) is 20.9 Å². The Morgan fingerprint density at radius 3 is 2.45 bits per heavy atom. The van der Waals surface area contributed by atoms with E-state index in [1.54, 1.807) is 18.0 Å². The molecule has 0 aliphatic heterocycles. The molecule has 0 saturated heterocycles. The molecule has 0 aromatic carbocycles. The zero-order chi connectivity index (χ0) is 16.5. The van der Waals surface area contributed by atoms with Crippen molar-refractivity contribution in [3.8, 4) is 0 Å². The fourth-order valence-electron chi connectivity index (χ4n) is 2.42. The van der Waals surface area contributed by atoms with Gasteiger partial charge in [0.25, 0.3) is 0 Å². The van der Waals surface area contributed by atoms with Gasteiger partial charge in [-0.15, -0.1) is 0 Å². The number of ether oxygens (including phenoxy) is 1. The van der Waals surface area contributed by atoms with E-state index in [-0.39, 0.29) is 23.7 Å². The number of nitrogens with zero attached hydrogens (tertiary/aromatic N) is 2. The first-order chi connectivity index (χ1) is 10.5. The number of methoxy groups -OCH3 is 1. The van der Waals surface area contributed by atoms with Crippen LogP contribution in [0.5, 0.6) is 0 Å². The molecule has 0 spiro atoms. The van der Waals surface area contributed by atoms with Gasteiger partial charge in [0.1, 0.15) is 0 Å². The Hall–Kier alpha value is -1.91. The normalized spacial score (nSPS) is 12.0. The van der Waals surface area contributed by atoms with E-state index < -0.39 is 0 Å². The molecule has 0 saturated carbocycles. The Labute approximate surface area is 132 Å². The van der Waals surface area contributed by atoms with Crippen molar-refractivity contribution in [2.75, 3.05) is 13.7 Å². The molecule has 22 heavy (non-hydrogen) atoms. The van der Waals surface area contributed by atoms with Crippen LogP contribution in [0, 0.1) is 11.8 Å². The molecule has 5 nitrogen and oxygen atoms in total. The second kappa shape index (κ2) is 9.18. The number of pyridine rings is 1. The third kappa shape index (κ3) is 5.13. The molecule has 1 rings (SSSR count). The molecule has 1 heterocycles. The summed E-state index contributed by atoms with van der Waals surface area (Å²) in [4.78, 5) is 30.4. The quantitative estimate of drug-likeness (QED) is 0.693. The summed E-state index contributed by atoms with van der Waals surface area (Å²) < 4.78 is 4.76. The molecule has 0 radical (unpaired) electrons. The number of esters is 1. The molecule has 0 aliphatic rings. The smallest absolute Gasteiger partial charge is 0.310 e. The van der Waals surface area contributed by atoms with E-state index in [0.717, 1.165) is 18.5 Å². The van der Waals surface area contributed by atoms with Gasteiger partial charge in [-0.1, -0.05) is 26.8 Å². The topological polar surface area (TPSA) is 59.5 Å². The lowest BCUT2D eigenvalue weighted by atomic mass is 10.0. The second-order valence-electron chi connectivity index (χ2n) is 5.48. The Bertz CT molecular complexity index is 472. The summed E-state index contributed by atoms with van der Waals surface area (Å²) in [5, 5.41) is 0. The molecule has 1 unspecified atom stereocenters. The molecule has 0 aliphatic carbocycles. The van der Waals surface area contributed by atoms with Crippen molar-refractivity contribution in [1.82, 2.24) is 9.88 Å². The highest BCUT2D eigenvalue weighted by Gasteiger charge is 2.26. The van der Waals surface area contributed by atoms with E-state index in [2.05, 4.69) is 4.98 Å². The number of hydrogen-bond donors (Lipinski definition) is 0. The van der Waals surface area contributed by atoms with Crippen molar-refractivity contribution >= 4 is 11.9 Å².